The van der Waals surface area contributed by atoms with Crippen LogP contribution < -0.4 is 5.32 Å². The van der Waals surface area contributed by atoms with Crippen molar-refractivity contribution in [1.82, 2.24) is 5.32 Å². The number of hydrogen-bond donors (Lipinski definition) is 1. The fraction of sp³-hybridized carbons (Fsp3) is 0.529. The number of rotatable bonds is 9. The van der Waals surface area contributed by atoms with Gasteiger partial charge in [-0.25, -0.2) is 0 Å². The molecule has 0 aliphatic rings. The molecule has 1 unspecified atom stereocenters. The molecule has 2 nitrogen and oxygen atoms in total. The monoisotopic (exact) mass is 291 g/mol. The summed E-state index contributed by atoms with van der Waals surface area (Å²) in [6, 6.07) is 8.74. The lowest BCUT2D eigenvalue weighted by Gasteiger charge is -2.16. The molecule has 0 fully saturated rings. The molecule has 3 heteroatoms. The van der Waals surface area contributed by atoms with E-state index < -0.39 is 0 Å². The first kappa shape index (κ1) is 15.5. The van der Waals surface area contributed by atoms with Gasteiger partial charge in [0.15, 0.2) is 0 Å². The van der Waals surface area contributed by atoms with Crippen LogP contribution in [0.4, 0.5) is 0 Å². The third kappa shape index (κ3) is 4.30. The van der Waals surface area contributed by atoms with Crippen LogP contribution in [0.3, 0.4) is 0 Å². The molecule has 0 saturated carbocycles. The van der Waals surface area contributed by atoms with Crippen molar-refractivity contribution in [2.45, 2.75) is 26.2 Å². The molecule has 0 spiro atoms. The number of benzene rings is 1. The van der Waals surface area contributed by atoms with Crippen LogP contribution in [0, 0.1) is 5.92 Å². The second-order valence-corrected chi connectivity index (χ2v) is 6.22. The van der Waals surface area contributed by atoms with Crippen molar-refractivity contribution < 1.29 is 4.74 Å². The zero-order chi connectivity index (χ0) is 14.2. The average molecular weight is 291 g/mol. The maximum atomic E-state index is 5.09. The average Bonchev–Trinajstić information content (AvgIpc) is 2.87. The van der Waals surface area contributed by atoms with Crippen LogP contribution in [0.5, 0.6) is 0 Å². The zero-order valence-corrected chi connectivity index (χ0v) is 13.3. The standard InChI is InChI=1S/C17H25NOS/c1-3-6-14(12-18-9-10-19-2)11-15-13-20-17-8-5-4-7-16(15)17/h4-5,7-8,13-14,18H,3,6,9-12H2,1-2H3. The summed E-state index contributed by atoms with van der Waals surface area (Å²) >= 11 is 1.87. The smallest absolute Gasteiger partial charge is 0.0587 e. The molecular weight excluding hydrogens is 266 g/mol. The summed E-state index contributed by atoms with van der Waals surface area (Å²) in [6.45, 7) is 5.09. The van der Waals surface area contributed by atoms with Crippen molar-refractivity contribution in [3.63, 3.8) is 0 Å². The van der Waals surface area contributed by atoms with E-state index in [-0.39, 0.29) is 0 Å². The summed E-state index contributed by atoms with van der Waals surface area (Å²) < 4.78 is 6.49. The highest BCUT2D eigenvalue weighted by Gasteiger charge is 2.11. The molecule has 1 N–H and O–H groups in total. The van der Waals surface area contributed by atoms with Crippen LogP contribution in [0.1, 0.15) is 25.3 Å². The third-order valence-corrected chi connectivity index (χ3v) is 4.69. The van der Waals surface area contributed by atoms with Gasteiger partial charge in [-0.3, -0.25) is 0 Å². The Bertz CT molecular complexity index is 508. The lowest BCUT2D eigenvalue weighted by molar-refractivity contribution is 0.197. The molecule has 0 bridgehead atoms. The highest BCUT2D eigenvalue weighted by molar-refractivity contribution is 7.17. The van der Waals surface area contributed by atoms with Crippen LogP contribution in [0.2, 0.25) is 0 Å². The number of thiophene rings is 1. The van der Waals surface area contributed by atoms with Crippen LogP contribution >= 0.6 is 11.3 Å². The van der Waals surface area contributed by atoms with Crippen LogP contribution in [0.25, 0.3) is 10.1 Å². The summed E-state index contributed by atoms with van der Waals surface area (Å²) in [5.41, 5.74) is 1.51. The van der Waals surface area contributed by atoms with E-state index in [9.17, 15) is 0 Å². The van der Waals surface area contributed by atoms with Gasteiger partial charge in [0.1, 0.15) is 0 Å². The van der Waals surface area contributed by atoms with E-state index in [1.54, 1.807) is 7.11 Å². The molecule has 0 aliphatic heterocycles. The molecular formula is C17H25NOS. The molecule has 2 aromatic rings. The molecule has 0 saturated heterocycles. The highest BCUT2D eigenvalue weighted by atomic mass is 32.1. The summed E-state index contributed by atoms with van der Waals surface area (Å²) in [5.74, 6) is 0.717. The number of ether oxygens (including phenoxy) is 1. The normalized spacial score (nSPS) is 12.9. The van der Waals surface area contributed by atoms with Crippen molar-refractivity contribution >= 4 is 21.4 Å². The van der Waals surface area contributed by atoms with Crippen LogP contribution in [-0.2, 0) is 11.2 Å². The Balaban J connectivity index is 1.96. The Hall–Kier alpha value is -0.900. The lowest BCUT2D eigenvalue weighted by atomic mass is 9.94. The first-order valence-electron chi connectivity index (χ1n) is 7.50. The van der Waals surface area contributed by atoms with Crippen molar-refractivity contribution in [2.24, 2.45) is 5.92 Å². The predicted octanol–water partition coefficient (Wildman–Crippen LogP) is 4.10. The van der Waals surface area contributed by atoms with Gasteiger partial charge in [0.2, 0.25) is 0 Å². The fourth-order valence-electron chi connectivity index (χ4n) is 2.67. The molecule has 20 heavy (non-hydrogen) atoms. The number of nitrogens with one attached hydrogen (secondary N) is 1. The van der Waals surface area contributed by atoms with Crippen molar-refractivity contribution in [3.8, 4) is 0 Å². The predicted molar refractivity (Wildman–Crippen MR) is 88.7 cm³/mol. The van der Waals surface area contributed by atoms with E-state index in [2.05, 4.69) is 41.9 Å². The largest absolute Gasteiger partial charge is 0.383 e. The first-order valence-corrected chi connectivity index (χ1v) is 8.37. The van der Waals surface area contributed by atoms with Crippen LogP contribution in [0.15, 0.2) is 29.6 Å². The lowest BCUT2D eigenvalue weighted by Crippen LogP contribution is -2.27. The number of fused-ring (bicyclic) bond motifs is 1. The van der Waals surface area contributed by atoms with E-state index in [1.807, 2.05) is 11.3 Å². The van der Waals surface area contributed by atoms with E-state index in [1.165, 1.54) is 34.9 Å². The van der Waals surface area contributed by atoms with Gasteiger partial charge in [-0.15, -0.1) is 11.3 Å². The van der Waals surface area contributed by atoms with Crippen molar-refractivity contribution in [1.29, 1.82) is 0 Å². The molecule has 0 aliphatic carbocycles. The van der Waals surface area contributed by atoms with E-state index >= 15 is 0 Å². The number of hydrogen-bond acceptors (Lipinski definition) is 3. The van der Waals surface area contributed by atoms with Gasteiger partial charge in [0, 0.05) is 18.4 Å². The van der Waals surface area contributed by atoms with Gasteiger partial charge in [-0.1, -0.05) is 31.5 Å². The Kier molecular flexibility index (Phi) is 6.51. The maximum absolute atomic E-state index is 5.09. The molecule has 1 aromatic carbocycles. The molecule has 0 radical (unpaired) electrons. The Morgan fingerprint density at radius 3 is 2.95 bits per heavy atom. The summed E-state index contributed by atoms with van der Waals surface area (Å²) in [6.07, 6.45) is 3.71. The fourth-order valence-corrected chi connectivity index (χ4v) is 3.64. The Labute approximate surface area is 126 Å². The molecule has 0 amide bonds. The summed E-state index contributed by atoms with van der Waals surface area (Å²) in [7, 11) is 1.75. The SMILES string of the molecule is CCCC(CNCCOC)Cc1csc2ccccc12. The van der Waals surface area contributed by atoms with E-state index in [0.717, 1.165) is 25.6 Å². The minimum atomic E-state index is 0.717. The first-order chi connectivity index (χ1) is 9.85. The molecule has 1 heterocycles. The van der Waals surface area contributed by atoms with E-state index in [4.69, 9.17) is 4.74 Å². The van der Waals surface area contributed by atoms with Gasteiger partial charge >= 0.3 is 0 Å². The molecule has 110 valence electrons. The Morgan fingerprint density at radius 2 is 2.15 bits per heavy atom. The second kappa shape index (κ2) is 8.40. The quantitative estimate of drug-likeness (QED) is 0.702. The zero-order valence-electron chi connectivity index (χ0n) is 12.5. The minimum absolute atomic E-state index is 0.717. The van der Waals surface area contributed by atoms with Gasteiger partial charge in [0.05, 0.1) is 6.61 Å². The minimum Gasteiger partial charge on any atom is -0.383 e. The van der Waals surface area contributed by atoms with Crippen molar-refractivity contribution in [2.75, 3.05) is 26.8 Å². The maximum Gasteiger partial charge on any atom is 0.0587 e. The molecule has 1 aromatic heterocycles. The van der Waals surface area contributed by atoms with Gasteiger partial charge < -0.3 is 10.1 Å². The summed E-state index contributed by atoms with van der Waals surface area (Å²) in [4.78, 5) is 0. The molecule has 2 rings (SSSR count). The van der Waals surface area contributed by atoms with Gasteiger partial charge in [-0.05, 0) is 47.7 Å². The second-order valence-electron chi connectivity index (χ2n) is 5.31. The van der Waals surface area contributed by atoms with Gasteiger partial charge in [-0.2, -0.15) is 0 Å². The topological polar surface area (TPSA) is 21.3 Å². The Morgan fingerprint density at radius 1 is 1.30 bits per heavy atom. The number of methoxy groups -OCH3 is 1. The van der Waals surface area contributed by atoms with Crippen LogP contribution in [-0.4, -0.2) is 26.8 Å². The van der Waals surface area contributed by atoms with E-state index in [0.29, 0.717) is 0 Å². The third-order valence-electron chi connectivity index (χ3n) is 3.68. The highest BCUT2D eigenvalue weighted by Crippen LogP contribution is 2.28. The summed E-state index contributed by atoms with van der Waals surface area (Å²) in [5, 5.41) is 7.29. The van der Waals surface area contributed by atoms with Gasteiger partial charge in [0.25, 0.3) is 0 Å². The van der Waals surface area contributed by atoms with Crippen molar-refractivity contribution in [3.05, 3.63) is 35.2 Å². The molecule has 1 atom stereocenters.